The number of allylic oxidation sites excluding steroid dienone is 3. The Labute approximate surface area is 117 Å². The van der Waals surface area contributed by atoms with Gasteiger partial charge in [0, 0.05) is 22.0 Å². The molecule has 0 fully saturated rings. The second-order valence-corrected chi connectivity index (χ2v) is 5.88. The fraction of sp³-hybridized carbons (Fsp3) is 0.312. The van der Waals surface area contributed by atoms with Crippen molar-refractivity contribution < 1.29 is 9.53 Å². The molecule has 1 aromatic rings. The minimum Gasteiger partial charge on any atom is -0.497 e. The summed E-state index contributed by atoms with van der Waals surface area (Å²) in [6, 6.07) is 5.81. The summed E-state index contributed by atoms with van der Waals surface area (Å²) in [6.07, 6.45) is 3.95. The van der Waals surface area contributed by atoms with Crippen molar-refractivity contribution in [3.8, 4) is 5.75 Å². The van der Waals surface area contributed by atoms with Crippen LogP contribution in [0.5, 0.6) is 5.75 Å². The number of aryl methyl sites for hydroxylation is 1. The molecule has 0 radical (unpaired) electrons. The van der Waals surface area contributed by atoms with Crippen molar-refractivity contribution in [1.82, 2.24) is 0 Å². The van der Waals surface area contributed by atoms with Crippen molar-refractivity contribution in [3.63, 3.8) is 0 Å². The third-order valence-electron chi connectivity index (χ3n) is 3.75. The zero-order valence-electron chi connectivity index (χ0n) is 11.1. The number of benzene rings is 1. The van der Waals surface area contributed by atoms with E-state index in [2.05, 4.69) is 18.4 Å². The number of thioether (sulfide) groups is 1. The molecular weight excluding hydrogens is 256 g/mol. The summed E-state index contributed by atoms with van der Waals surface area (Å²) in [5, 5.41) is 2.08. The second-order valence-electron chi connectivity index (χ2n) is 4.93. The first-order valence-corrected chi connectivity index (χ1v) is 7.36. The molecule has 0 N–H and O–H groups in total. The highest BCUT2D eigenvalue weighted by Gasteiger charge is 2.27. The van der Waals surface area contributed by atoms with Crippen LogP contribution in [0.2, 0.25) is 0 Å². The van der Waals surface area contributed by atoms with Gasteiger partial charge in [0.05, 0.1) is 7.11 Å². The summed E-state index contributed by atoms with van der Waals surface area (Å²) in [5.41, 5.74) is 2.94. The number of rotatable bonds is 1. The summed E-state index contributed by atoms with van der Waals surface area (Å²) in [5.74, 6) is 1.30. The number of ether oxygens (including phenoxy) is 1. The first-order valence-electron chi connectivity index (χ1n) is 6.48. The normalized spacial score (nSPS) is 25.6. The van der Waals surface area contributed by atoms with E-state index in [1.165, 1.54) is 4.91 Å². The van der Waals surface area contributed by atoms with Gasteiger partial charge in [0.1, 0.15) is 5.75 Å². The Morgan fingerprint density at radius 3 is 2.84 bits per heavy atom. The van der Waals surface area contributed by atoms with E-state index in [9.17, 15) is 4.79 Å². The Kier molecular flexibility index (Phi) is 3.23. The number of hydrogen-bond donors (Lipinski definition) is 0. The number of carbonyl (C=O) groups is 1. The third-order valence-corrected chi connectivity index (χ3v) is 4.92. The average molecular weight is 272 g/mol. The molecule has 0 saturated carbocycles. The van der Waals surface area contributed by atoms with Gasteiger partial charge in [-0.3, -0.25) is 4.79 Å². The van der Waals surface area contributed by atoms with Gasteiger partial charge in [0.2, 0.25) is 0 Å². The van der Waals surface area contributed by atoms with Crippen molar-refractivity contribution in [2.24, 2.45) is 5.92 Å². The lowest BCUT2D eigenvalue weighted by Gasteiger charge is -2.21. The minimum atomic E-state index is 0.179. The van der Waals surface area contributed by atoms with Crippen LogP contribution in [-0.2, 0) is 6.42 Å². The van der Waals surface area contributed by atoms with E-state index in [0.29, 0.717) is 5.92 Å². The van der Waals surface area contributed by atoms with E-state index in [1.807, 2.05) is 18.2 Å². The van der Waals surface area contributed by atoms with Gasteiger partial charge in [-0.2, -0.15) is 0 Å². The van der Waals surface area contributed by atoms with E-state index >= 15 is 0 Å². The molecule has 2 aliphatic rings. The molecule has 0 amide bonds. The van der Waals surface area contributed by atoms with Crippen LogP contribution in [0.25, 0.3) is 0 Å². The first-order chi connectivity index (χ1) is 9.20. The van der Waals surface area contributed by atoms with Gasteiger partial charge < -0.3 is 4.74 Å². The zero-order valence-corrected chi connectivity index (χ0v) is 11.9. The van der Waals surface area contributed by atoms with Crippen LogP contribution in [0.1, 0.15) is 29.3 Å². The molecule has 19 heavy (non-hydrogen) atoms. The van der Waals surface area contributed by atoms with Gasteiger partial charge in [-0.25, -0.2) is 0 Å². The van der Waals surface area contributed by atoms with Crippen LogP contribution >= 0.6 is 11.8 Å². The Morgan fingerprint density at radius 1 is 1.32 bits per heavy atom. The van der Waals surface area contributed by atoms with Crippen LogP contribution in [0, 0.1) is 5.92 Å². The predicted octanol–water partition coefficient (Wildman–Crippen LogP) is 3.97. The number of methoxy groups -OCH3 is 1. The lowest BCUT2D eigenvalue weighted by atomic mass is 9.85. The molecule has 98 valence electrons. The SMILES string of the molecule is COc1ccc2c(c1)C(=O)/C(=C1\SC=CC1C)CC2. The molecule has 0 aromatic heterocycles. The first kappa shape index (κ1) is 12.5. The molecule has 0 spiro atoms. The monoisotopic (exact) mass is 272 g/mol. The largest absolute Gasteiger partial charge is 0.497 e. The summed E-state index contributed by atoms with van der Waals surface area (Å²) < 4.78 is 5.22. The Bertz CT molecular complexity index is 599. The second kappa shape index (κ2) is 4.89. The van der Waals surface area contributed by atoms with Crippen LogP contribution in [0.3, 0.4) is 0 Å². The Balaban J connectivity index is 2.04. The van der Waals surface area contributed by atoms with Crippen LogP contribution < -0.4 is 4.74 Å². The number of carbonyl (C=O) groups excluding carboxylic acids is 1. The molecule has 1 atom stereocenters. The highest BCUT2D eigenvalue weighted by molar-refractivity contribution is 8.06. The van der Waals surface area contributed by atoms with Gasteiger partial charge >= 0.3 is 0 Å². The summed E-state index contributed by atoms with van der Waals surface area (Å²) in [4.78, 5) is 13.9. The molecule has 1 aliphatic heterocycles. The van der Waals surface area contributed by atoms with Crippen LogP contribution in [0.15, 0.2) is 40.2 Å². The molecule has 0 bridgehead atoms. The van der Waals surface area contributed by atoms with Crippen molar-refractivity contribution in [2.45, 2.75) is 19.8 Å². The smallest absolute Gasteiger partial charge is 0.190 e. The molecule has 1 aromatic carbocycles. The summed E-state index contributed by atoms with van der Waals surface area (Å²) in [6.45, 7) is 2.15. The van der Waals surface area contributed by atoms with Crippen molar-refractivity contribution >= 4 is 17.5 Å². The van der Waals surface area contributed by atoms with Crippen molar-refractivity contribution in [3.05, 3.63) is 51.3 Å². The molecular formula is C16H16O2S. The lowest BCUT2D eigenvalue weighted by molar-refractivity contribution is 0.102. The van der Waals surface area contributed by atoms with Crippen LogP contribution in [0.4, 0.5) is 0 Å². The lowest BCUT2D eigenvalue weighted by Crippen LogP contribution is -2.16. The van der Waals surface area contributed by atoms with E-state index in [1.54, 1.807) is 18.9 Å². The maximum absolute atomic E-state index is 12.7. The highest BCUT2D eigenvalue weighted by atomic mass is 32.2. The molecule has 1 aliphatic carbocycles. The maximum Gasteiger partial charge on any atom is 0.190 e. The minimum absolute atomic E-state index is 0.179. The predicted molar refractivity (Wildman–Crippen MR) is 78.6 cm³/mol. The third kappa shape index (κ3) is 2.12. The van der Waals surface area contributed by atoms with Gasteiger partial charge in [0.15, 0.2) is 5.78 Å². The van der Waals surface area contributed by atoms with Crippen molar-refractivity contribution in [1.29, 1.82) is 0 Å². The fourth-order valence-electron chi connectivity index (χ4n) is 2.65. The van der Waals surface area contributed by atoms with Crippen molar-refractivity contribution in [2.75, 3.05) is 7.11 Å². The molecule has 3 heteroatoms. The Hall–Kier alpha value is -1.48. The molecule has 0 saturated heterocycles. The van der Waals surface area contributed by atoms with E-state index in [0.717, 1.165) is 35.3 Å². The fourth-order valence-corrected chi connectivity index (χ4v) is 3.74. The molecule has 3 rings (SSSR count). The standard InChI is InChI=1S/C16H16O2S/c1-10-7-8-19-16(10)13-6-4-11-3-5-12(18-2)9-14(11)15(13)17/h3,5,7-10H,4,6H2,1-2H3/b16-13-. The zero-order chi connectivity index (χ0) is 13.4. The topological polar surface area (TPSA) is 26.3 Å². The maximum atomic E-state index is 12.7. The number of hydrogen-bond acceptors (Lipinski definition) is 3. The number of ketones is 1. The average Bonchev–Trinajstić information content (AvgIpc) is 2.85. The van der Waals surface area contributed by atoms with E-state index < -0.39 is 0 Å². The number of fused-ring (bicyclic) bond motifs is 1. The van der Waals surface area contributed by atoms with Crippen LogP contribution in [-0.4, -0.2) is 12.9 Å². The Morgan fingerprint density at radius 2 is 2.16 bits per heavy atom. The van der Waals surface area contributed by atoms with E-state index in [-0.39, 0.29) is 5.78 Å². The van der Waals surface area contributed by atoms with Gasteiger partial charge in [-0.05, 0) is 35.9 Å². The van der Waals surface area contributed by atoms with Gasteiger partial charge in [-0.1, -0.05) is 19.1 Å². The van der Waals surface area contributed by atoms with E-state index in [4.69, 9.17) is 4.74 Å². The quantitative estimate of drug-likeness (QED) is 0.723. The summed E-state index contributed by atoms with van der Waals surface area (Å²) in [7, 11) is 1.63. The van der Waals surface area contributed by atoms with Gasteiger partial charge in [0.25, 0.3) is 0 Å². The van der Waals surface area contributed by atoms with Gasteiger partial charge in [-0.15, -0.1) is 11.8 Å². The molecule has 1 unspecified atom stereocenters. The highest BCUT2D eigenvalue weighted by Crippen LogP contribution is 2.40. The number of Topliss-reactive ketones (excluding diaryl/α,β-unsaturated/α-hetero) is 1. The molecule has 2 nitrogen and oxygen atoms in total. The summed E-state index contributed by atoms with van der Waals surface area (Å²) >= 11 is 1.69. The molecule has 1 heterocycles.